The van der Waals surface area contributed by atoms with E-state index in [0.29, 0.717) is 19.0 Å². The van der Waals surface area contributed by atoms with Crippen LogP contribution < -0.4 is 4.74 Å². The van der Waals surface area contributed by atoms with Crippen molar-refractivity contribution in [2.24, 2.45) is 11.8 Å². The summed E-state index contributed by atoms with van der Waals surface area (Å²) in [6, 6.07) is 7.87. The van der Waals surface area contributed by atoms with Gasteiger partial charge in [-0.25, -0.2) is 4.79 Å². The van der Waals surface area contributed by atoms with Crippen LogP contribution in [-0.4, -0.2) is 45.5 Å². The highest BCUT2D eigenvalue weighted by molar-refractivity contribution is 5.84. The van der Waals surface area contributed by atoms with E-state index in [-0.39, 0.29) is 24.7 Å². The maximum atomic E-state index is 11.9. The van der Waals surface area contributed by atoms with Crippen LogP contribution in [0.4, 0.5) is 0 Å². The van der Waals surface area contributed by atoms with Crippen LogP contribution in [0.15, 0.2) is 83.7 Å². The second-order valence-electron chi connectivity index (χ2n) is 10.6. The van der Waals surface area contributed by atoms with Gasteiger partial charge in [0.2, 0.25) is 5.79 Å². The minimum absolute atomic E-state index is 0.114. The Kier molecular flexibility index (Phi) is 13.9. The molecule has 0 aromatic heterocycles. The fourth-order valence-electron chi connectivity index (χ4n) is 4.28. The Morgan fingerprint density at radius 1 is 1.05 bits per heavy atom. The van der Waals surface area contributed by atoms with Crippen molar-refractivity contribution >= 4 is 5.97 Å². The number of rotatable bonds is 16. The predicted molar refractivity (Wildman–Crippen MR) is 157 cm³/mol. The van der Waals surface area contributed by atoms with Gasteiger partial charge in [-0.3, -0.25) is 0 Å². The van der Waals surface area contributed by atoms with E-state index < -0.39 is 11.8 Å². The molecule has 1 aliphatic rings. The van der Waals surface area contributed by atoms with Gasteiger partial charge in [0, 0.05) is 21.0 Å². The van der Waals surface area contributed by atoms with Gasteiger partial charge in [0.15, 0.2) is 0 Å². The van der Waals surface area contributed by atoms with Gasteiger partial charge in [0.1, 0.15) is 18.3 Å². The molecule has 0 unspecified atom stereocenters. The monoisotopic (exact) mass is 554 g/mol. The topological polar surface area (TPSA) is 72.5 Å². The average Bonchev–Trinajstić information content (AvgIpc) is 2.89. The SMILES string of the molecule is COCO[C@H](/C=C/C=C/C(C)=C/COCc1ccc(OC)cc1)[C@@H](C)C[C@H](C)/C=C(/C)C1=CC(=O)OC(C)(C)O1. The van der Waals surface area contributed by atoms with E-state index in [9.17, 15) is 4.79 Å². The summed E-state index contributed by atoms with van der Waals surface area (Å²) < 4.78 is 33.1. The number of allylic oxidation sites excluding steroid dienone is 6. The number of hydrogen-bond donors (Lipinski definition) is 0. The molecule has 0 fully saturated rings. The Balaban J connectivity index is 1.88. The number of cyclic esters (lactones) is 1. The first-order chi connectivity index (χ1) is 19.0. The molecule has 7 nitrogen and oxygen atoms in total. The van der Waals surface area contributed by atoms with Crippen LogP contribution in [0, 0.1) is 11.8 Å². The summed E-state index contributed by atoms with van der Waals surface area (Å²) in [7, 11) is 3.28. The lowest BCUT2D eigenvalue weighted by molar-refractivity contribution is -0.203. The van der Waals surface area contributed by atoms with Crippen LogP contribution in [0.25, 0.3) is 0 Å². The predicted octanol–water partition coefficient (Wildman–Crippen LogP) is 7.06. The van der Waals surface area contributed by atoms with Crippen molar-refractivity contribution in [1.29, 1.82) is 0 Å². The van der Waals surface area contributed by atoms with Crippen molar-refractivity contribution in [2.45, 2.75) is 66.5 Å². The smallest absolute Gasteiger partial charge is 0.337 e. The molecular formula is C33H46O7. The third kappa shape index (κ3) is 12.4. The number of ether oxygens (including phenoxy) is 6. The molecule has 0 saturated carbocycles. The number of benzene rings is 1. The Morgan fingerprint density at radius 2 is 1.77 bits per heavy atom. The van der Waals surface area contributed by atoms with Crippen molar-refractivity contribution in [3.05, 3.63) is 89.3 Å². The Bertz CT molecular complexity index is 1080. The van der Waals surface area contributed by atoms with Gasteiger partial charge in [-0.15, -0.1) is 0 Å². The molecule has 0 aliphatic carbocycles. The van der Waals surface area contributed by atoms with Gasteiger partial charge in [0.25, 0.3) is 0 Å². The highest BCUT2D eigenvalue weighted by Gasteiger charge is 2.30. The molecule has 3 atom stereocenters. The van der Waals surface area contributed by atoms with Crippen LogP contribution in [0.3, 0.4) is 0 Å². The zero-order chi connectivity index (χ0) is 29.5. The Labute approximate surface area is 240 Å². The largest absolute Gasteiger partial charge is 0.497 e. The molecule has 0 amide bonds. The fraction of sp³-hybridized carbons (Fsp3) is 0.485. The summed E-state index contributed by atoms with van der Waals surface area (Å²) >= 11 is 0. The lowest BCUT2D eigenvalue weighted by Gasteiger charge is -2.31. The van der Waals surface area contributed by atoms with E-state index in [1.54, 1.807) is 28.1 Å². The van der Waals surface area contributed by atoms with Crippen LogP contribution in [0.2, 0.25) is 0 Å². The van der Waals surface area contributed by atoms with E-state index in [1.807, 2.05) is 56.3 Å². The molecular weight excluding hydrogens is 508 g/mol. The third-order valence-corrected chi connectivity index (χ3v) is 6.28. The fourth-order valence-corrected chi connectivity index (χ4v) is 4.28. The van der Waals surface area contributed by atoms with Crippen molar-refractivity contribution < 1.29 is 33.2 Å². The van der Waals surface area contributed by atoms with Crippen molar-refractivity contribution in [2.75, 3.05) is 27.6 Å². The average molecular weight is 555 g/mol. The highest BCUT2D eigenvalue weighted by atomic mass is 16.7. The normalized spacial score (nSPS) is 18.3. The third-order valence-electron chi connectivity index (χ3n) is 6.28. The first-order valence-electron chi connectivity index (χ1n) is 13.7. The standard InChI is InChI=1S/C33H46O7/c1-24(17-18-37-22-28-13-15-29(36-8)16-14-28)11-9-10-12-30(38-23-35-7)26(3)19-25(2)20-27(4)31-21-32(34)40-33(5,6)39-31/h9-17,20-21,25-26,30H,18-19,22-23H2,1-8H3/b11-9+,12-10+,24-17+,27-20-/t25-,26-,30+/m0/s1. The van der Waals surface area contributed by atoms with Gasteiger partial charge in [-0.2, -0.15) is 0 Å². The molecule has 7 heteroatoms. The molecule has 40 heavy (non-hydrogen) atoms. The van der Waals surface area contributed by atoms with E-state index in [2.05, 4.69) is 32.1 Å². The quantitative estimate of drug-likeness (QED) is 0.0937. The lowest BCUT2D eigenvalue weighted by atomic mass is 9.91. The zero-order valence-corrected chi connectivity index (χ0v) is 25.3. The maximum Gasteiger partial charge on any atom is 0.337 e. The zero-order valence-electron chi connectivity index (χ0n) is 25.3. The van der Waals surface area contributed by atoms with Crippen LogP contribution >= 0.6 is 0 Å². The van der Waals surface area contributed by atoms with Crippen molar-refractivity contribution in [3.63, 3.8) is 0 Å². The molecule has 0 radical (unpaired) electrons. The Hall–Kier alpha value is -3.13. The lowest BCUT2D eigenvalue weighted by Crippen LogP contribution is -2.34. The number of carbonyl (C=O) groups is 1. The summed E-state index contributed by atoms with van der Waals surface area (Å²) in [5, 5.41) is 0. The summed E-state index contributed by atoms with van der Waals surface area (Å²) in [5.74, 6) is 0.489. The van der Waals surface area contributed by atoms with Gasteiger partial charge < -0.3 is 28.4 Å². The molecule has 0 N–H and O–H groups in total. The summed E-state index contributed by atoms with van der Waals surface area (Å²) in [4.78, 5) is 11.9. The van der Waals surface area contributed by atoms with Gasteiger partial charge >= 0.3 is 5.97 Å². The highest BCUT2D eigenvalue weighted by Crippen LogP contribution is 2.28. The Morgan fingerprint density at radius 3 is 2.42 bits per heavy atom. The van der Waals surface area contributed by atoms with Crippen molar-refractivity contribution in [3.8, 4) is 5.75 Å². The molecule has 0 spiro atoms. The van der Waals surface area contributed by atoms with E-state index in [4.69, 9.17) is 28.4 Å². The molecule has 220 valence electrons. The summed E-state index contributed by atoms with van der Waals surface area (Å²) in [6.07, 6.45) is 14.5. The summed E-state index contributed by atoms with van der Waals surface area (Å²) in [5.41, 5.74) is 3.13. The second-order valence-corrected chi connectivity index (χ2v) is 10.6. The molecule has 0 saturated heterocycles. The van der Waals surface area contributed by atoms with Crippen LogP contribution in [-0.2, 0) is 35.1 Å². The van der Waals surface area contributed by atoms with Gasteiger partial charge in [-0.05, 0) is 55.4 Å². The van der Waals surface area contributed by atoms with Gasteiger partial charge in [0.05, 0.1) is 32.5 Å². The molecule has 1 aromatic rings. The number of carbonyl (C=O) groups excluding carboxylic acids is 1. The van der Waals surface area contributed by atoms with Crippen molar-refractivity contribution in [1.82, 2.24) is 0 Å². The molecule has 0 bridgehead atoms. The first-order valence-corrected chi connectivity index (χ1v) is 13.7. The van der Waals surface area contributed by atoms with Crippen LogP contribution in [0.1, 0.15) is 53.5 Å². The van der Waals surface area contributed by atoms with E-state index in [1.165, 1.54) is 6.08 Å². The summed E-state index contributed by atoms with van der Waals surface area (Å²) in [6.45, 7) is 13.1. The molecule has 1 aromatic carbocycles. The molecule has 1 aliphatic heterocycles. The number of methoxy groups -OCH3 is 2. The van der Waals surface area contributed by atoms with Gasteiger partial charge in [-0.1, -0.05) is 68.0 Å². The van der Waals surface area contributed by atoms with Crippen LogP contribution in [0.5, 0.6) is 5.75 Å². The second kappa shape index (κ2) is 16.9. The number of esters is 1. The first kappa shape index (κ1) is 33.1. The molecule has 2 rings (SSSR count). The van der Waals surface area contributed by atoms with E-state index >= 15 is 0 Å². The maximum absolute atomic E-state index is 11.9. The molecule has 1 heterocycles. The minimum atomic E-state index is -0.970. The minimum Gasteiger partial charge on any atom is -0.497 e. The van der Waals surface area contributed by atoms with E-state index in [0.717, 1.165) is 28.9 Å². The number of hydrogen-bond acceptors (Lipinski definition) is 7.